The number of carbonyl (C=O) groups excluding carboxylic acids is 1. The summed E-state index contributed by atoms with van der Waals surface area (Å²) in [5.74, 6) is -0.114. The molecule has 1 N–H and O–H groups in total. The van der Waals surface area contributed by atoms with Gasteiger partial charge in [-0.25, -0.2) is 8.42 Å². The predicted molar refractivity (Wildman–Crippen MR) is 77.9 cm³/mol. The zero-order valence-corrected chi connectivity index (χ0v) is 12.7. The van der Waals surface area contributed by atoms with Gasteiger partial charge in [0.05, 0.1) is 11.4 Å². The monoisotopic (exact) mass is 283 g/mol. The Bertz CT molecular complexity index is 556. The van der Waals surface area contributed by atoms with Crippen molar-refractivity contribution in [2.45, 2.75) is 34.1 Å². The SMILES string of the molecule is CC(=O)c1ccccc1NS(=O)(=O)CCC(C)(C)C. The normalized spacial score (nSPS) is 12.2. The Balaban J connectivity index is 2.87. The summed E-state index contributed by atoms with van der Waals surface area (Å²) in [5.41, 5.74) is 0.695. The van der Waals surface area contributed by atoms with Crippen LogP contribution in [-0.2, 0) is 10.0 Å². The summed E-state index contributed by atoms with van der Waals surface area (Å²) in [7, 11) is -3.43. The third-order valence-corrected chi connectivity index (χ3v) is 3.97. The highest BCUT2D eigenvalue weighted by atomic mass is 32.2. The number of carbonyl (C=O) groups is 1. The molecular formula is C14H21NO3S. The second kappa shape index (κ2) is 5.74. The van der Waals surface area contributed by atoms with Crippen molar-refractivity contribution in [3.05, 3.63) is 29.8 Å². The quantitative estimate of drug-likeness (QED) is 0.845. The maximum Gasteiger partial charge on any atom is 0.232 e. The molecule has 0 aliphatic heterocycles. The van der Waals surface area contributed by atoms with Crippen LogP contribution in [0.5, 0.6) is 0 Å². The van der Waals surface area contributed by atoms with Crippen LogP contribution in [0.15, 0.2) is 24.3 Å². The third kappa shape index (κ3) is 5.42. The molecule has 5 heteroatoms. The van der Waals surface area contributed by atoms with Gasteiger partial charge in [0.1, 0.15) is 0 Å². The fourth-order valence-corrected chi connectivity index (χ4v) is 3.03. The number of anilines is 1. The topological polar surface area (TPSA) is 63.2 Å². The average Bonchev–Trinajstić information content (AvgIpc) is 2.26. The van der Waals surface area contributed by atoms with E-state index in [2.05, 4.69) is 4.72 Å². The molecule has 19 heavy (non-hydrogen) atoms. The van der Waals surface area contributed by atoms with E-state index >= 15 is 0 Å². The molecule has 0 saturated carbocycles. The van der Waals surface area contributed by atoms with Crippen LogP contribution in [0.25, 0.3) is 0 Å². The summed E-state index contributed by atoms with van der Waals surface area (Å²) < 4.78 is 26.5. The Labute approximate surface area is 115 Å². The van der Waals surface area contributed by atoms with Gasteiger partial charge in [-0.05, 0) is 30.9 Å². The summed E-state index contributed by atoms with van der Waals surface area (Å²) in [6.45, 7) is 7.40. The van der Waals surface area contributed by atoms with E-state index in [1.54, 1.807) is 24.3 Å². The molecule has 1 aromatic rings. The van der Waals surface area contributed by atoms with Crippen LogP contribution in [0, 0.1) is 5.41 Å². The maximum atomic E-state index is 12.0. The zero-order chi connectivity index (χ0) is 14.7. The summed E-state index contributed by atoms with van der Waals surface area (Å²) in [4.78, 5) is 11.4. The molecule has 0 saturated heterocycles. The van der Waals surface area contributed by atoms with Gasteiger partial charge in [0.25, 0.3) is 0 Å². The van der Waals surface area contributed by atoms with Gasteiger partial charge >= 0.3 is 0 Å². The van der Waals surface area contributed by atoms with Crippen LogP contribution in [0.2, 0.25) is 0 Å². The van der Waals surface area contributed by atoms with E-state index in [1.165, 1.54) is 6.92 Å². The smallest absolute Gasteiger partial charge is 0.232 e. The molecule has 0 aliphatic rings. The van der Waals surface area contributed by atoms with E-state index in [-0.39, 0.29) is 17.0 Å². The molecule has 1 aromatic carbocycles. The predicted octanol–water partition coefficient (Wildman–Crippen LogP) is 3.07. The van der Waals surface area contributed by atoms with Gasteiger partial charge in [0, 0.05) is 5.56 Å². The van der Waals surface area contributed by atoms with Crippen molar-refractivity contribution >= 4 is 21.5 Å². The zero-order valence-electron chi connectivity index (χ0n) is 11.9. The number of ketones is 1. The molecule has 0 fully saturated rings. The second-order valence-electron chi connectivity index (χ2n) is 5.83. The van der Waals surface area contributed by atoms with Crippen LogP contribution < -0.4 is 4.72 Å². The average molecular weight is 283 g/mol. The van der Waals surface area contributed by atoms with Crippen molar-refractivity contribution in [3.63, 3.8) is 0 Å². The first-order valence-corrected chi connectivity index (χ1v) is 7.86. The molecule has 0 spiro atoms. The molecule has 4 nitrogen and oxygen atoms in total. The number of Topliss-reactive ketones (excluding diaryl/α,β-unsaturated/α-hetero) is 1. The number of benzene rings is 1. The summed E-state index contributed by atoms with van der Waals surface area (Å²) in [6.07, 6.45) is 0.560. The largest absolute Gasteiger partial charge is 0.294 e. The van der Waals surface area contributed by atoms with E-state index in [1.807, 2.05) is 20.8 Å². The van der Waals surface area contributed by atoms with Crippen LogP contribution in [0.1, 0.15) is 44.5 Å². The number of hydrogen-bond donors (Lipinski definition) is 1. The Morgan fingerprint density at radius 3 is 2.32 bits per heavy atom. The molecule has 0 heterocycles. The summed E-state index contributed by atoms with van der Waals surface area (Å²) in [5, 5.41) is 0. The molecular weight excluding hydrogens is 262 g/mol. The molecule has 0 unspecified atom stereocenters. The number of hydrogen-bond acceptors (Lipinski definition) is 3. The van der Waals surface area contributed by atoms with Crippen LogP contribution in [0.3, 0.4) is 0 Å². The van der Waals surface area contributed by atoms with E-state index in [0.717, 1.165) is 0 Å². The van der Waals surface area contributed by atoms with Gasteiger partial charge in [-0.2, -0.15) is 0 Å². The maximum absolute atomic E-state index is 12.0. The molecule has 0 aliphatic carbocycles. The van der Waals surface area contributed by atoms with Crippen LogP contribution in [0.4, 0.5) is 5.69 Å². The van der Waals surface area contributed by atoms with Crippen molar-refractivity contribution in [1.82, 2.24) is 0 Å². The summed E-state index contributed by atoms with van der Waals surface area (Å²) in [6, 6.07) is 6.63. The van der Waals surface area contributed by atoms with Gasteiger partial charge in [-0.3, -0.25) is 9.52 Å². The lowest BCUT2D eigenvalue weighted by Gasteiger charge is -2.18. The van der Waals surface area contributed by atoms with E-state index in [4.69, 9.17) is 0 Å². The molecule has 0 amide bonds. The lowest BCUT2D eigenvalue weighted by atomic mass is 9.94. The lowest BCUT2D eigenvalue weighted by molar-refractivity contribution is 0.101. The standard InChI is InChI=1S/C14H21NO3S/c1-11(16)12-7-5-6-8-13(12)15-19(17,18)10-9-14(2,3)4/h5-8,15H,9-10H2,1-4H3. The van der Waals surface area contributed by atoms with Crippen molar-refractivity contribution in [3.8, 4) is 0 Å². The molecule has 0 radical (unpaired) electrons. The molecule has 0 aromatic heterocycles. The van der Waals surface area contributed by atoms with E-state index in [0.29, 0.717) is 17.7 Å². The van der Waals surface area contributed by atoms with Gasteiger partial charge < -0.3 is 0 Å². The number of rotatable bonds is 5. The second-order valence-corrected chi connectivity index (χ2v) is 7.68. The highest BCUT2D eigenvalue weighted by Gasteiger charge is 2.18. The minimum atomic E-state index is -3.43. The van der Waals surface area contributed by atoms with E-state index in [9.17, 15) is 13.2 Å². The van der Waals surface area contributed by atoms with Crippen molar-refractivity contribution in [2.75, 3.05) is 10.5 Å². The molecule has 0 bridgehead atoms. The lowest BCUT2D eigenvalue weighted by Crippen LogP contribution is -2.21. The Kier molecular flexibility index (Phi) is 4.74. The first kappa shape index (κ1) is 15.7. The highest BCUT2D eigenvalue weighted by Crippen LogP contribution is 2.21. The van der Waals surface area contributed by atoms with Crippen molar-refractivity contribution < 1.29 is 13.2 Å². The number of nitrogens with one attached hydrogen (secondary N) is 1. The molecule has 0 atom stereocenters. The first-order valence-electron chi connectivity index (χ1n) is 6.21. The Hall–Kier alpha value is -1.36. The van der Waals surface area contributed by atoms with Crippen molar-refractivity contribution in [1.29, 1.82) is 0 Å². The van der Waals surface area contributed by atoms with E-state index < -0.39 is 10.0 Å². The van der Waals surface area contributed by atoms with Gasteiger partial charge in [-0.1, -0.05) is 32.9 Å². The fourth-order valence-electron chi connectivity index (χ4n) is 1.54. The highest BCUT2D eigenvalue weighted by molar-refractivity contribution is 7.92. The minimum absolute atomic E-state index is 0.0444. The van der Waals surface area contributed by atoms with Gasteiger partial charge in [0.2, 0.25) is 10.0 Å². The Morgan fingerprint density at radius 1 is 1.21 bits per heavy atom. The Morgan fingerprint density at radius 2 is 1.79 bits per heavy atom. The number of para-hydroxylation sites is 1. The third-order valence-electron chi connectivity index (χ3n) is 2.69. The minimum Gasteiger partial charge on any atom is -0.294 e. The van der Waals surface area contributed by atoms with Crippen LogP contribution >= 0.6 is 0 Å². The van der Waals surface area contributed by atoms with Gasteiger partial charge in [0.15, 0.2) is 5.78 Å². The molecule has 1 rings (SSSR count). The fraction of sp³-hybridized carbons (Fsp3) is 0.500. The molecule has 106 valence electrons. The summed E-state index contributed by atoms with van der Waals surface area (Å²) >= 11 is 0. The number of sulfonamides is 1. The van der Waals surface area contributed by atoms with Crippen molar-refractivity contribution in [2.24, 2.45) is 5.41 Å². The van der Waals surface area contributed by atoms with Crippen LogP contribution in [-0.4, -0.2) is 20.0 Å². The first-order chi connectivity index (χ1) is 8.61. The van der Waals surface area contributed by atoms with Gasteiger partial charge in [-0.15, -0.1) is 0 Å².